The molecule has 0 aliphatic carbocycles. The van der Waals surface area contributed by atoms with Crippen molar-refractivity contribution in [2.24, 2.45) is 5.73 Å². The summed E-state index contributed by atoms with van der Waals surface area (Å²) in [5.41, 5.74) is 5.51. The Morgan fingerprint density at radius 2 is 2.29 bits per heavy atom. The summed E-state index contributed by atoms with van der Waals surface area (Å²) in [6, 6.07) is 2.80. The van der Waals surface area contributed by atoms with Gasteiger partial charge in [0.15, 0.2) is 0 Å². The Bertz CT molecular complexity index is 357. The molecule has 0 aromatic heterocycles. The quantitative estimate of drug-likeness (QED) is 0.767. The SMILES string of the molecule is COC(=O)[C@H](N)c1ccc(Cl)cc1F. The maximum Gasteiger partial charge on any atom is 0.327 e. The molecule has 0 fully saturated rings. The molecule has 1 aromatic rings. The van der Waals surface area contributed by atoms with Crippen molar-refractivity contribution in [1.29, 1.82) is 0 Å². The zero-order valence-electron chi connectivity index (χ0n) is 7.46. The third-order valence-corrected chi connectivity index (χ3v) is 1.99. The van der Waals surface area contributed by atoms with E-state index in [-0.39, 0.29) is 10.6 Å². The van der Waals surface area contributed by atoms with Crippen LogP contribution in [0, 0.1) is 5.82 Å². The van der Waals surface area contributed by atoms with Crippen molar-refractivity contribution in [3.05, 3.63) is 34.6 Å². The Labute approximate surface area is 85.6 Å². The molecule has 1 aromatic carbocycles. The largest absolute Gasteiger partial charge is 0.468 e. The zero-order valence-corrected chi connectivity index (χ0v) is 8.22. The maximum absolute atomic E-state index is 13.2. The Hall–Kier alpha value is -1.13. The van der Waals surface area contributed by atoms with Crippen LogP contribution in [0.5, 0.6) is 0 Å². The lowest BCUT2D eigenvalue weighted by molar-refractivity contribution is -0.142. The van der Waals surface area contributed by atoms with E-state index < -0.39 is 17.8 Å². The molecule has 0 aliphatic heterocycles. The first kappa shape index (κ1) is 10.9. The van der Waals surface area contributed by atoms with Crippen LogP contribution in [0.4, 0.5) is 4.39 Å². The number of rotatable bonds is 2. The number of methoxy groups -OCH3 is 1. The number of carbonyl (C=O) groups excluding carboxylic acids is 1. The van der Waals surface area contributed by atoms with Crippen molar-refractivity contribution in [3.63, 3.8) is 0 Å². The van der Waals surface area contributed by atoms with E-state index in [0.717, 1.165) is 6.07 Å². The molecule has 14 heavy (non-hydrogen) atoms. The summed E-state index contributed by atoms with van der Waals surface area (Å²) in [6.07, 6.45) is 0. The van der Waals surface area contributed by atoms with Crippen molar-refractivity contribution < 1.29 is 13.9 Å². The number of hydrogen-bond acceptors (Lipinski definition) is 3. The van der Waals surface area contributed by atoms with Crippen molar-refractivity contribution in [3.8, 4) is 0 Å². The van der Waals surface area contributed by atoms with Gasteiger partial charge in [0.1, 0.15) is 11.9 Å². The lowest BCUT2D eigenvalue weighted by Crippen LogP contribution is -2.23. The molecular weight excluding hydrogens is 209 g/mol. The van der Waals surface area contributed by atoms with Crippen LogP contribution >= 0.6 is 11.6 Å². The molecule has 3 nitrogen and oxygen atoms in total. The highest BCUT2D eigenvalue weighted by Crippen LogP contribution is 2.19. The Kier molecular flexibility index (Phi) is 3.43. The number of ether oxygens (including phenoxy) is 1. The molecule has 0 radical (unpaired) electrons. The fraction of sp³-hybridized carbons (Fsp3) is 0.222. The normalized spacial score (nSPS) is 12.3. The van der Waals surface area contributed by atoms with Crippen LogP contribution in [0.1, 0.15) is 11.6 Å². The molecular formula is C9H9ClFNO2. The van der Waals surface area contributed by atoms with Gasteiger partial charge in [-0.3, -0.25) is 4.79 Å². The summed E-state index contributed by atoms with van der Waals surface area (Å²) in [6.45, 7) is 0. The number of nitrogens with two attached hydrogens (primary N) is 1. The topological polar surface area (TPSA) is 52.3 Å². The third-order valence-electron chi connectivity index (χ3n) is 1.75. The first-order chi connectivity index (χ1) is 6.56. The molecule has 1 atom stereocenters. The molecule has 5 heteroatoms. The number of carbonyl (C=O) groups is 1. The third kappa shape index (κ3) is 2.21. The monoisotopic (exact) mass is 217 g/mol. The molecule has 0 saturated heterocycles. The number of benzene rings is 1. The van der Waals surface area contributed by atoms with Crippen LogP contribution in [0.15, 0.2) is 18.2 Å². The van der Waals surface area contributed by atoms with E-state index in [4.69, 9.17) is 17.3 Å². The van der Waals surface area contributed by atoms with E-state index >= 15 is 0 Å². The van der Waals surface area contributed by atoms with Gasteiger partial charge in [0, 0.05) is 10.6 Å². The lowest BCUT2D eigenvalue weighted by Gasteiger charge is -2.10. The number of hydrogen-bond donors (Lipinski definition) is 1. The molecule has 0 saturated carbocycles. The Morgan fingerprint density at radius 1 is 1.64 bits per heavy atom. The molecule has 1 rings (SSSR count). The van der Waals surface area contributed by atoms with Crippen molar-refractivity contribution in [1.82, 2.24) is 0 Å². The smallest absolute Gasteiger partial charge is 0.327 e. The fourth-order valence-corrected chi connectivity index (χ4v) is 1.17. The lowest BCUT2D eigenvalue weighted by atomic mass is 10.1. The first-order valence-corrected chi connectivity index (χ1v) is 4.22. The second kappa shape index (κ2) is 4.39. The minimum Gasteiger partial charge on any atom is -0.468 e. The maximum atomic E-state index is 13.2. The van der Waals surface area contributed by atoms with Gasteiger partial charge < -0.3 is 10.5 Å². The van der Waals surface area contributed by atoms with E-state index in [1.807, 2.05) is 0 Å². The summed E-state index contributed by atoms with van der Waals surface area (Å²) < 4.78 is 17.6. The van der Waals surface area contributed by atoms with Crippen LogP contribution < -0.4 is 5.73 Å². The van der Waals surface area contributed by atoms with E-state index in [9.17, 15) is 9.18 Å². The van der Waals surface area contributed by atoms with Crippen LogP contribution in [-0.4, -0.2) is 13.1 Å². The van der Waals surface area contributed by atoms with Gasteiger partial charge in [-0.25, -0.2) is 4.39 Å². The molecule has 0 bridgehead atoms. The summed E-state index contributed by atoms with van der Waals surface area (Å²) in [5.74, 6) is -1.30. The van der Waals surface area contributed by atoms with Crippen LogP contribution in [0.3, 0.4) is 0 Å². The average Bonchev–Trinajstić information content (AvgIpc) is 2.15. The van der Waals surface area contributed by atoms with Crippen LogP contribution in [0.2, 0.25) is 5.02 Å². The average molecular weight is 218 g/mol. The zero-order chi connectivity index (χ0) is 10.7. The standard InChI is InChI=1S/C9H9ClFNO2/c1-14-9(13)8(12)6-3-2-5(10)4-7(6)11/h2-4,8H,12H2,1H3/t8-/m1/s1. The molecule has 0 spiro atoms. The Morgan fingerprint density at radius 3 is 2.79 bits per heavy atom. The van der Waals surface area contributed by atoms with Gasteiger partial charge in [0.05, 0.1) is 7.11 Å². The van der Waals surface area contributed by atoms with Gasteiger partial charge in [-0.15, -0.1) is 0 Å². The minimum absolute atomic E-state index is 0.0706. The molecule has 0 unspecified atom stereocenters. The summed E-state index contributed by atoms with van der Waals surface area (Å²) in [7, 11) is 1.19. The minimum atomic E-state index is -1.11. The van der Waals surface area contributed by atoms with Crippen molar-refractivity contribution in [2.45, 2.75) is 6.04 Å². The molecule has 0 heterocycles. The van der Waals surface area contributed by atoms with E-state index in [0.29, 0.717) is 0 Å². The predicted molar refractivity (Wildman–Crippen MR) is 50.4 cm³/mol. The fourth-order valence-electron chi connectivity index (χ4n) is 1.01. The second-order valence-electron chi connectivity index (χ2n) is 2.67. The van der Waals surface area contributed by atoms with Gasteiger partial charge in [-0.2, -0.15) is 0 Å². The van der Waals surface area contributed by atoms with Crippen LogP contribution in [0.25, 0.3) is 0 Å². The molecule has 2 N–H and O–H groups in total. The highest BCUT2D eigenvalue weighted by Gasteiger charge is 2.19. The summed E-state index contributed by atoms with van der Waals surface area (Å²) in [5, 5.41) is 0.253. The van der Waals surface area contributed by atoms with Gasteiger partial charge in [0.25, 0.3) is 0 Å². The van der Waals surface area contributed by atoms with Gasteiger partial charge >= 0.3 is 5.97 Å². The first-order valence-electron chi connectivity index (χ1n) is 3.84. The van der Waals surface area contributed by atoms with Gasteiger partial charge in [-0.05, 0) is 12.1 Å². The van der Waals surface area contributed by atoms with Gasteiger partial charge in [0.2, 0.25) is 0 Å². The number of esters is 1. The van der Waals surface area contributed by atoms with E-state index in [1.165, 1.54) is 19.2 Å². The molecule has 76 valence electrons. The van der Waals surface area contributed by atoms with Crippen molar-refractivity contribution >= 4 is 17.6 Å². The highest BCUT2D eigenvalue weighted by molar-refractivity contribution is 6.30. The van der Waals surface area contributed by atoms with Crippen LogP contribution in [-0.2, 0) is 9.53 Å². The van der Waals surface area contributed by atoms with Crippen molar-refractivity contribution in [2.75, 3.05) is 7.11 Å². The molecule has 0 aliphatic rings. The van der Waals surface area contributed by atoms with E-state index in [1.54, 1.807) is 0 Å². The molecule has 0 amide bonds. The summed E-state index contributed by atoms with van der Waals surface area (Å²) in [4.78, 5) is 11.0. The number of halogens is 2. The van der Waals surface area contributed by atoms with Gasteiger partial charge in [-0.1, -0.05) is 17.7 Å². The predicted octanol–water partition coefficient (Wildman–Crippen LogP) is 1.65. The summed E-state index contributed by atoms with van der Waals surface area (Å²) >= 11 is 5.54. The Balaban J connectivity index is 3.01. The second-order valence-corrected chi connectivity index (χ2v) is 3.10. The highest BCUT2D eigenvalue weighted by atomic mass is 35.5. The van der Waals surface area contributed by atoms with E-state index in [2.05, 4.69) is 4.74 Å².